The molecule has 2 aliphatic heterocycles. The zero-order valence-electron chi connectivity index (χ0n) is 22.1. The summed E-state index contributed by atoms with van der Waals surface area (Å²) in [5, 5.41) is 3.32. The Balaban J connectivity index is 1.06. The highest BCUT2D eigenvalue weighted by Gasteiger charge is 2.27. The molecule has 0 radical (unpaired) electrons. The lowest BCUT2D eigenvalue weighted by atomic mass is 10.1. The average Bonchev–Trinajstić information content (AvgIpc) is 2.99. The molecule has 2 saturated heterocycles. The van der Waals surface area contributed by atoms with E-state index in [1.807, 2.05) is 18.5 Å². The van der Waals surface area contributed by atoms with Crippen molar-refractivity contribution in [3.05, 3.63) is 84.4 Å². The quantitative estimate of drug-likeness (QED) is 0.387. The SMILES string of the molecule is C[C@@H]1CN(c2ncnc(Nc3ccc(N4CCOCC4)cc3)n2)CCN1c1ncc(Cc2ccccc2)cn1. The van der Waals surface area contributed by atoms with Crippen molar-refractivity contribution in [1.29, 1.82) is 0 Å². The van der Waals surface area contributed by atoms with Crippen LogP contribution in [-0.2, 0) is 11.2 Å². The van der Waals surface area contributed by atoms with Crippen molar-refractivity contribution in [3.8, 4) is 0 Å². The first-order valence-corrected chi connectivity index (χ1v) is 13.5. The van der Waals surface area contributed by atoms with Crippen LogP contribution in [0.4, 0.5) is 29.2 Å². The van der Waals surface area contributed by atoms with E-state index in [1.54, 1.807) is 6.33 Å². The summed E-state index contributed by atoms with van der Waals surface area (Å²) in [5.74, 6) is 1.96. The van der Waals surface area contributed by atoms with Gasteiger partial charge in [0.25, 0.3) is 0 Å². The highest BCUT2D eigenvalue weighted by atomic mass is 16.5. The number of ether oxygens (including phenoxy) is 1. The van der Waals surface area contributed by atoms with Gasteiger partial charge in [0.05, 0.1) is 13.2 Å². The first kappa shape index (κ1) is 25.0. The van der Waals surface area contributed by atoms with E-state index in [4.69, 9.17) is 9.72 Å². The highest BCUT2D eigenvalue weighted by molar-refractivity contribution is 5.60. The third-order valence-electron chi connectivity index (χ3n) is 7.17. The van der Waals surface area contributed by atoms with Crippen LogP contribution in [0.2, 0.25) is 0 Å². The van der Waals surface area contributed by atoms with Gasteiger partial charge in [-0.1, -0.05) is 30.3 Å². The van der Waals surface area contributed by atoms with Gasteiger partial charge in [-0.25, -0.2) is 19.9 Å². The number of anilines is 5. The lowest BCUT2D eigenvalue weighted by Gasteiger charge is -2.39. The molecule has 1 atom stereocenters. The smallest absolute Gasteiger partial charge is 0.231 e. The van der Waals surface area contributed by atoms with Gasteiger partial charge in [0.2, 0.25) is 17.8 Å². The van der Waals surface area contributed by atoms with E-state index in [9.17, 15) is 0 Å². The van der Waals surface area contributed by atoms with Gasteiger partial charge in [0, 0.05) is 69.0 Å². The molecule has 0 spiro atoms. The Morgan fingerprint density at radius 1 is 0.795 bits per heavy atom. The molecule has 2 aliphatic rings. The molecule has 200 valence electrons. The van der Waals surface area contributed by atoms with E-state index >= 15 is 0 Å². The Morgan fingerprint density at radius 2 is 1.56 bits per heavy atom. The van der Waals surface area contributed by atoms with Gasteiger partial charge >= 0.3 is 0 Å². The van der Waals surface area contributed by atoms with Gasteiger partial charge in [-0.2, -0.15) is 4.98 Å². The summed E-state index contributed by atoms with van der Waals surface area (Å²) in [6.45, 7) is 7.90. The summed E-state index contributed by atoms with van der Waals surface area (Å²) in [5.41, 5.74) is 4.50. The molecule has 2 aromatic heterocycles. The van der Waals surface area contributed by atoms with Crippen molar-refractivity contribution in [2.24, 2.45) is 0 Å². The van der Waals surface area contributed by atoms with Gasteiger partial charge in [-0.15, -0.1) is 0 Å². The molecule has 4 aromatic rings. The summed E-state index contributed by atoms with van der Waals surface area (Å²) in [6.07, 6.45) is 6.27. The Kier molecular flexibility index (Phi) is 7.44. The fourth-order valence-electron chi connectivity index (χ4n) is 5.06. The molecule has 10 heteroatoms. The summed E-state index contributed by atoms with van der Waals surface area (Å²) in [4.78, 5) is 29.6. The van der Waals surface area contributed by atoms with Gasteiger partial charge in [-0.05, 0) is 42.3 Å². The van der Waals surface area contributed by atoms with E-state index < -0.39 is 0 Å². The molecule has 10 nitrogen and oxygen atoms in total. The minimum Gasteiger partial charge on any atom is -0.378 e. The van der Waals surface area contributed by atoms with Gasteiger partial charge in [-0.3, -0.25) is 0 Å². The summed E-state index contributed by atoms with van der Waals surface area (Å²) < 4.78 is 5.45. The molecule has 6 rings (SSSR count). The van der Waals surface area contributed by atoms with Crippen LogP contribution in [0.15, 0.2) is 73.3 Å². The Bertz CT molecular complexity index is 1350. The number of piperazine rings is 1. The van der Waals surface area contributed by atoms with E-state index in [1.165, 1.54) is 11.3 Å². The highest BCUT2D eigenvalue weighted by Crippen LogP contribution is 2.23. The van der Waals surface area contributed by atoms with Gasteiger partial charge in [0.1, 0.15) is 6.33 Å². The first-order valence-electron chi connectivity index (χ1n) is 13.5. The number of nitrogens with one attached hydrogen (secondary N) is 1. The maximum atomic E-state index is 5.45. The van der Waals surface area contributed by atoms with Crippen LogP contribution in [0.1, 0.15) is 18.1 Å². The number of benzene rings is 2. The van der Waals surface area contributed by atoms with Gasteiger partial charge in [0.15, 0.2) is 0 Å². The number of hydrogen-bond donors (Lipinski definition) is 1. The zero-order valence-corrected chi connectivity index (χ0v) is 22.1. The maximum Gasteiger partial charge on any atom is 0.231 e. The van der Waals surface area contributed by atoms with Crippen molar-refractivity contribution >= 4 is 29.2 Å². The average molecular weight is 524 g/mol. The zero-order chi connectivity index (χ0) is 26.4. The monoisotopic (exact) mass is 523 g/mol. The van der Waals surface area contributed by atoms with Crippen molar-refractivity contribution in [3.63, 3.8) is 0 Å². The lowest BCUT2D eigenvalue weighted by Crippen LogP contribution is -2.53. The third kappa shape index (κ3) is 6.06. The van der Waals surface area contributed by atoms with Crippen LogP contribution < -0.4 is 20.0 Å². The van der Waals surface area contributed by atoms with Gasteiger partial charge < -0.3 is 24.8 Å². The summed E-state index contributed by atoms with van der Waals surface area (Å²) >= 11 is 0. The molecule has 0 aliphatic carbocycles. The molecule has 2 fully saturated rings. The van der Waals surface area contributed by atoms with Crippen LogP contribution in [0.3, 0.4) is 0 Å². The topological polar surface area (TPSA) is 95.4 Å². The first-order chi connectivity index (χ1) is 19.2. The lowest BCUT2D eigenvalue weighted by molar-refractivity contribution is 0.122. The van der Waals surface area contributed by atoms with Crippen molar-refractivity contribution in [1.82, 2.24) is 24.9 Å². The van der Waals surface area contributed by atoms with Crippen molar-refractivity contribution in [2.75, 3.05) is 66.0 Å². The molecular formula is C29H33N9O. The number of nitrogens with zero attached hydrogens (tertiary/aromatic N) is 8. The fourth-order valence-corrected chi connectivity index (χ4v) is 5.06. The minimum atomic E-state index is 0.208. The molecule has 0 amide bonds. The Hall–Kier alpha value is -4.31. The largest absolute Gasteiger partial charge is 0.378 e. The predicted octanol–water partition coefficient (Wildman–Crippen LogP) is 3.55. The maximum absolute atomic E-state index is 5.45. The van der Waals surface area contributed by atoms with Crippen LogP contribution in [-0.4, -0.2) is 76.9 Å². The standard InChI is InChI=1S/C29H33N9O/c1-22-20-37(11-12-38(22)28-30-18-24(19-31-28)17-23-5-3-2-4-6-23)29-33-21-32-27(35-29)34-25-7-9-26(10-8-25)36-13-15-39-16-14-36/h2-10,18-19,21-22H,11-17,20H2,1H3,(H,32,33,34,35)/t22-/m1/s1. The second-order valence-corrected chi connectivity index (χ2v) is 9.92. The second kappa shape index (κ2) is 11.6. The molecular weight excluding hydrogens is 490 g/mol. The number of rotatable bonds is 7. The predicted molar refractivity (Wildman–Crippen MR) is 153 cm³/mol. The number of hydrogen-bond acceptors (Lipinski definition) is 10. The number of aromatic nitrogens is 5. The van der Waals surface area contributed by atoms with Crippen LogP contribution in [0, 0.1) is 0 Å². The minimum absolute atomic E-state index is 0.208. The third-order valence-corrected chi connectivity index (χ3v) is 7.17. The molecule has 4 heterocycles. The Labute approximate surface area is 228 Å². The molecule has 1 N–H and O–H groups in total. The fraction of sp³-hybridized carbons (Fsp3) is 0.345. The van der Waals surface area contributed by atoms with Crippen molar-refractivity contribution in [2.45, 2.75) is 19.4 Å². The van der Waals surface area contributed by atoms with E-state index in [-0.39, 0.29) is 6.04 Å². The molecule has 0 saturated carbocycles. The van der Waals surface area contributed by atoms with E-state index in [2.05, 4.69) is 95.4 Å². The normalized spacial score (nSPS) is 17.8. The van der Waals surface area contributed by atoms with Crippen LogP contribution in [0.5, 0.6) is 0 Å². The molecule has 0 bridgehead atoms. The van der Waals surface area contributed by atoms with Crippen molar-refractivity contribution < 1.29 is 4.74 Å². The molecule has 0 unspecified atom stereocenters. The summed E-state index contributed by atoms with van der Waals surface area (Å²) in [7, 11) is 0. The van der Waals surface area contributed by atoms with Crippen LogP contribution >= 0.6 is 0 Å². The van der Waals surface area contributed by atoms with Crippen LogP contribution in [0.25, 0.3) is 0 Å². The molecule has 39 heavy (non-hydrogen) atoms. The van der Waals surface area contributed by atoms with E-state index in [0.29, 0.717) is 11.9 Å². The Morgan fingerprint density at radius 3 is 2.31 bits per heavy atom. The van der Waals surface area contributed by atoms with E-state index in [0.717, 1.165) is 69.6 Å². The summed E-state index contributed by atoms with van der Waals surface area (Å²) in [6, 6.07) is 18.9. The number of morpholine rings is 1. The molecule has 2 aromatic carbocycles. The second-order valence-electron chi connectivity index (χ2n) is 9.92.